The summed E-state index contributed by atoms with van der Waals surface area (Å²) in [5.74, 6) is 0. The smallest absolute Gasteiger partial charge is 0.0361 e. The van der Waals surface area contributed by atoms with E-state index in [9.17, 15) is 0 Å². The summed E-state index contributed by atoms with van der Waals surface area (Å²) < 4.78 is 2.73. The summed E-state index contributed by atoms with van der Waals surface area (Å²) in [6, 6.07) is 31.8. The minimum Gasteiger partial charge on any atom is -0.135 e. The molecule has 1 heteroatoms. The SMILES string of the molecule is Cc1ccc(-c2ccc3cc4c(cc3c2)sc2cc3cc(C)ccc3cc24)cc1. The minimum atomic E-state index is 1.27. The Morgan fingerprint density at radius 3 is 1.69 bits per heavy atom. The van der Waals surface area contributed by atoms with Gasteiger partial charge in [-0.1, -0.05) is 65.7 Å². The molecule has 0 nitrogen and oxygen atoms in total. The van der Waals surface area contributed by atoms with E-state index in [2.05, 4.69) is 98.8 Å². The normalized spacial score (nSPS) is 11.8. The molecule has 0 fully saturated rings. The highest BCUT2D eigenvalue weighted by molar-refractivity contribution is 7.26. The molecule has 0 saturated carbocycles. The molecule has 0 unspecified atom stereocenters. The summed E-state index contributed by atoms with van der Waals surface area (Å²) in [6.07, 6.45) is 0. The van der Waals surface area contributed by atoms with Crippen molar-refractivity contribution < 1.29 is 0 Å². The van der Waals surface area contributed by atoms with Gasteiger partial charge in [-0.3, -0.25) is 0 Å². The Morgan fingerprint density at radius 2 is 1.00 bits per heavy atom. The summed E-state index contributed by atoms with van der Waals surface area (Å²) >= 11 is 1.90. The summed E-state index contributed by atoms with van der Waals surface area (Å²) in [6.45, 7) is 4.29. The van der Waals surface area contributed by atoms with E-state index in [4.69, 9.17) is 0 Å². The maximum absolute atomic E-state index is 2.36. The molecule has 1 heterocycles. The first-order chi connectivity index (χ1) is 14.1. The molecule has 0 bridgehead atoms. The molecule has 0 N–H and O–H groups in total. The second-order valence-electron chi connectivity index (χ2n) is 8.08. The topological polar surface area (TPSA) is 0 Å². The standard InChI is InChI=1S/C28H20S/c1-17-3-6-19(7-4-17)20-9-10-22-14-26-25-13-21-8-5-18(2)11-23(21)15-27(25)29-28(26)16-24(22)12-20/h3-16H,1-2H3. The zero-order chi connectivity index (χ0) is 19.5. The van der Waals surface area contributed by atoms with Crippen LogP contribution in [0.4, 0.5) is 0 Å². The predicted octanol–water partition coefficient (Wildman–Crippen LogP) is 8.64. The van der Waals surface area contributed by atoms with Crippen molar-refractivity contribution in [3.05, 3.63) is 96.1 Å². The molecular formula is C28H20S. The zero-order valence-corrected chi connectivity index (χ0v) is 17.3. The van der Waals surface area contributed by atoms with Crippen LogP contribution in [0.2, 0.25) is 0 Å². The van der Waals surface area contributed by atoms with Crippen LogP contribution >= 0.6 is 11.3 Å². The molecule has 0 radical (unpaired) electrons. The lowest BCUT2D eigenvalue weighted by atomic mass is 9.99. The zero-order valence-electron chi connectivity index (χ0n) is 16.5. The number of benzene rings is 5. The Kier molecular flexibility index (Phi) is 3.57. The average Bonchev–Trinajstić information content (AvgIpc) is 3.06. The van der Waals surface area contributed by atoms with Crippen molar-refractivity contribution in [1.82, 2.24) is 0 Å². The number of hydrogen-bond donors (Lipinski definition) is 0. The molecule has 5 aromatic carbocycles. The van der Waals surface area contributed by atoms with Crippen LogP contribution in [0.25, 0.3) is 52.8 Å². The number of hydrogen-bond acceptors (Lipinski definition) is 1. The van der Waals surface area contributed by atoms with E-state index in [1.165, 1.54) is 64.0 Å². The van der Waals surface area contributed by atoms with Crippen molar-refractivity contribution >= 4 is 53.1 Å². The van der Waals surface area contributed by atoms with Crippen LogP contribution in [-0.4, -0.2) is 0 Å². The summed E-state index contributed by atoms with van der Waals surface area (Å²) in [5, 5.41) is 7.99. The first-order valence-corrected chi connectivity index (χ1v) is 10.8. The summed E-state index contributed by atoms with van der Waals surface area (Å²) in [4.78, 5) is 0. The quantitative estimate of drug-likeness (QED) is 0.264. The summed E-state index contributed by atoms with van der Waals surface area (Å²) in [5.41, 5.74) is 5.16. The molecule has 0 atom stereocenters. The number of thiophene rings is 1. The van der Waals surface area contributed by atoms with Gasteiger partial charge >= 0.3 is 0 Å². The highest BCUT2D eigenvalue weighted by Gasteiger charge is 2.09. The fourth-order valence-corrected chi connectivity index (χ4v) is 5.47. The third-order valence-corrected chi connectivity index (χ3v) is 7.04. The molecule has 0 spiro atoms. The Hall–Kier alpha value is -3.16. The van der Waals surface area contributed by atoms with E-state index in [-0.39, 0.29) is 0 Å². The van der Waals surface area contributed by atoms with Crippen molar-refractivity contribution in [3.8, 4) is 11.1 Å². The van der Waals surface area contributed by atoms with Gasteiger partial charge in [0.1, 0.15) is 0 Å². The van der Waals surface area contributed by atoms with Gasteiger partial charge in [-0.15, -0.1) is 11.3 Å². The molecule has 6 aromatic rings. The van der Waals surface area contributed by atoms with Crippen molar-refractivity contribution in [2.45, 2.75) is 13.8 Å². The highest BCUT2D eigenvalue weighted by Crippen LogP contribution is 2.39. The van der Waals surface area contributed by atoms with Crippen LogP contribution < -0.4 is 0 Å². The van der Waals surface area contributed by atoms with Gasteiger partial charge in [0.2, 0.25) is 0 Å². The third-order valence-electron chi connectivity index (χ3n) is 5.93. The van der Waals surface area contributed by atoms with Crippen molar-refractivity contribution in [1.29, 1.82) is 0 Å². The fourth-order valence-electron chi connectivity index (χ4n) is 4.31. The van der Waals surface area contributed by atoms with E-state index >= 15 is 0 Å². The lowest BCUT2D eigenvalue weighted by Crippen LogP contribution is -1.80. The van der Waals surface area contributed by atoms with Crippen LogP contribution in [-0.2, 0) is 0 Å². The second-order valence-corrected chi connectivity index (χ2v) is 9.16. The van der Waals surface area contributed by atoms with E-state index < -0.39 is 0 Å². The number of rotatable bonds is 1. The van der Waals surface area contributed by atoms with Crippen LogP contribution in [0.15, 0.2) is 84.9 Å². The first-order valence-electron chi connectivity index (χ1n) is 10.0. The van der Waals surface area contributed by atoms with Crippen LogP contribution in [0.3, 0.4) is 0 Å². The van der Waals surface area contributed by atoms with Gasteiger partial charge in [-0.25, -0.2) is 0 Å². The van der Waals surface area contributed by atoms with Crippen molar-refractivity contribution in [3.63, 3.8) is 0 Å². The molecule has 29 heavy (non-hydrogen) atoms. The third kappa shape index (κ3) is 2.73. The Bertz CT molecular complexity index is 1550. The van der Waals surface area contributed by atoms with Gasteiger partial charge in [0.25, 0.3) is 0 Å². The maximum Gasteiger partial charge on any atom is 0.0361 e. The largest absolute Gasteiger partial charge is 0.135 e. The second kappa shape index (κ2) is 6.17. The van der Waals surface area contributed by atoms with E-state index in [1.54, 1.807) is 0 Å². The number of aryl methyl sites for hydroxylation is 2. The first kappa shape index (κ1) is 16.8. The minimum absolute atomic E-state index is 1.27. The Labute approximate surface area is 174 Å². The van der Waals surface area contributed by atoms with Crippen LogP contribution in [0, 0.1) is 13.8 Å². The van der Waals surface area contributed by atoms with Gasteiger partial charge in [-0.05, 0) is 76.9 Å². The van der Waals surface area contributed by atoms with Crippen molar-refractivity contribution in [2.75, 3.05) is 0 Å². The van der Waals surface area contributed by atoms with Gasteiger partial charge < -0.3 is 0 Å². The lowest BCUT2D eigenvalue weighted by molar-refractivity contribution is 1.47. The molecule has 0 aliphatic rings. The molecule has 138 valence electrons. The van der Waals surface area contributed by atoms with Gasteiger partial charge in [0.15, 0.2) is 0 Å². The van der Waals surface area contributed by atoms with Gasteiger partial charge in [0, 0.05) is 20.2 Å². The molecule has 0 aliphatic heterocycles. The van der Waals surface area contributed by atoms with Crippen LogP contribution in [0.5, 0.6) is 0 Å². The number of fused-ring (bicyclic) bond motifs is 5. The predicted molar refractivity (Wildman–Crippen MR) is 129 cm³/mol. The molecule has 0 aliphatic carbocycles. The van der Waals surface area contributed by atoms with Gasteiger partial charge in [-0.2, -0.15) is 0 Å². The monoisotopic (exact) mass is 388 g/mol. The van der Waals surface area contributed by atoms with E-state index in [0.29, 0.717) is 0 Å². The maximum atomic E-state index is 2.36. The van der Waals surface area contributed by atoms with Crippen molar-refractivity contribution in [2.24, 2.45) is 0 Å². The van der Waals surface area contributed by atoms with Gasteiger partial charge in [0.05, 0.1) is 0 Å². The highest BCUT2D eigenvalue weighted by atomic mass is 32.1. The molecule has 1 aromatic heterocycles. The van der Waals surface area contributed by atoms with E-state index in [0.717, 1.165) is 0 Å². The molecular weight excluding hydrogens is 368 g/mol. The fraction of sp³-hybridized carbons (Fsp3) is 0.0714. The molecule has 0 saturated heterocycles. The average molecular weight is 389 g/mol. The Morgan fingerprint density at radius 1 is 0.448 bits per heavy atom. The van der Waals surface area contributed by atoms with Crippen LogP contribution in [0.1, 0.15) is 11.1 Å². The summed E-state index contributed by atoms with van der Waals surface area (Å²) in [7, 11) is 0. The lowest BCUT2D eigenvalue weighted by Gasteiger charge is -2.06. The molecule has 0 amide bonds. The van der Waals surface area contributed by atoms with E-state index in [1.807, 2.05) is 11.3 Å². The molecule has 6 rings (SSSR count). The Balaban J connectivity index is 1.59.